The zero-order valence-corrected chi connectivity index (χ0v) is 20.3. The number of nitrogens with zero attached hydrogens (tertiary/aromatic N) is 2. The lowest BCUT2D eigenvalue weighted by Gasteiger charge is -2.20. The minimum atomic E-state index is 0.0881. The van der Waals surface area contributed by atoms with E-state index < -0.39 is 0 Å². The molecule has 0 aliphatic heterocycles. The monoisotopic (exact) mass is 441 g/mol. The van der Waals surface area contributed by atoms with E-state index in [1.807, 2.05) is 47.6 Å². The number of pyridine rings is 1. The minimum Gasteiger partial charge on any atom is -0.331 e. The van der Waals surface area contributed by atoms with E-state index in [0.29, 0.717) is 10.4 Å². The molecule has 1 heterocycles. The molecule has 3 nitrogen and oxygen atoms in total. The smallest absolute Gasteiger partial charge is 0.115 e. The maximum absolute atomic E-state index is 8.89. The largest absolute Gasteiger partial charge is 0.331 e. The van der Waals surface area contributed by atoms with Gasteiger partial charge in [0.25, 0.3) is 0 Å². The van der Waals surface area contributed by atoms with Gasteiger partial charge in [-0.2, -0.15) is 0 Å². The van der Waals surface area contributed by atoms with Gasteiger partial charge in [0.15, 0.2) is 0 Å². The van der Waals surface area contributed by atoms with Gasteiger partial charge < -0.3 is 9.47 Å². The Morgan fingerprint density at radius 2 is 1.78 bits per heavy atom. The first kappa shape index (κ1) is 23.4. The van der Waals surface area contributed by atoms with Gasteiger partial charge in [-0.15, -0.1) is 0 Å². The molecule has 2 aromatic carbocycles. The highest BCUT2D eigenvalue weighted by atomic mass is 32.1. The minimum absolute atomic E-state index is 0.0881. The maximum atomic E-state index is 8.89. The Balaban J connectivity index is 1.96. The molecule has 0 radical (unpaired) electrons. The lowest BCUT2D eigenvalue weighted by atomic mass is 10.00. The molecule has 4 heteroatoms. The molecule has 0 bridgehead atoms. The first-order valence-electron chi connectivity index (χ1n) is 10.8. The molecule has 1 N–H and O–H groups in total. The fourth-order valence-corrected chi connectivity index (χ4v) is 4.15. The number of nitrogens with one attached hydrogen (secondary N) is 1. The number of benzene rings is 2. The number of allylic oxidation sites excluding steroid dienone is 1. The summed E-state index contributed by atoms with van der Waals surface area (Å²) in [6, 6.07) is 18.6. The van der Waals surface area contributed by atoms with Gasteiger partial charge in [-0.25, -0.2) is 0 Å². The van der Waals surface area contributed by atoms with Crippen LogP contribution in [0.2, 0.25) is 0 Å². The second-order valence-corrected chi connectivity index (χ2v) is 8.78. The second kappa shape index (κ2) is 9.92. The van der Waals surface area contributed by atoms with E-state index in [4.69, 9.17) is 17.6 Å². The van der Waals surface area contributed by atoms with Crippen LogP contribution in [0.3, 0.4) is 0 Å². The van der Waals surface area contributed by atoms with Gasteiger partial charge >= 0.3 is 0 Å². The summed E-state index contributed by atoms with van der Waals surface area (Å²) < 4.78 is 2.74. The molecule has 0 aliphatic rings. The summed E-state index contributed by atoms with van der Waals surface area (Å²) in [6.45, 7) is 14.3. The predicted molar refractivity (Wildman–Crippen MR) is 139 cm³/mol. The van der Waals surface area contributed by atoms with Gasteiger partial charge in [-0.3, -0.25) is 5.41 Å². The van der Waals surface area contributed by atoms with Gasteiger partial charge in [-0.1, -0.05) is 60.3 Å². The lowest BCUT2D eigenvalue weighted by molar-refractivity contribution is 0.626. The van der Waals surface area contributed by atoms with E-state index in [2.05, 4.69) is 70.0 Å². The zero-order chi connectivity index (χ0) is 23.4. The SMILES string of the molecule is C=CN(C=C(C)C)c1ccc(C(=N)c2cccn(C(C)c3ccc(C)cc3)c2=S)cc1C. The topological polar surface area (TPSA) is 32.0 Å². The molecule has 32 heavy (non-hydrogen) atoms. The summed E-state index contributed by atoms with van der Waals surface area (Å²) in [5, 5.41) is 8.89. The van der Waals surface area contributed by atoms with E-state index in [0.717, 1.165) is 22.4 Å². The van der Waals surface area contributed by atoms with Gasteiger partial charge in [0.05, 0.1) is 11.8 Å². The van der Waals surface area contributed by atoms with Crippen molar-refractivity contribution in [3.8, 4) is 0 Å². The van der Waals surface area contributed by atoms with Crippen LogP contribution in [-0.4, -0.2) is 10.3 Å². The highest BCUT2D eigenvalue weighted by Gasteiger charge is 2.14. The molecular formula is C28H31N3S. The highest BCUT2D eigenvalue weighted by Crippen LogP contribution is 2.25. The fourth-order valence-electron chi connectivity index (χ4n) is 3.77. The molecular weight excluding hydrogens is 410 g/mol. The molecule has 0 saturated heterocycles. The third kappa shape index (κ3) is 4.97. The molecule has 0 fully saturated rings. The van der Waals surface area contributed by atoms with Crippen LogP contribution >= 0.6 is 12.2 Å². The van der Waals surface area contributed by atoms with Crippen LogP contribution in [0.25, 0.3) is 0 Å². The third-order valence-electron chi connectivity index (χ3n) is 5.58. The van der Waals surface area contributed by atoms with Crippen LogP contribution in [0.5, 0.6) is 0 Å². The first-order valence-corrected chi connectivity index (χ1v) is 11.2. The fraction of sp³-hybridized carbons (Fsp3) is 0.214. The molecule has 164 valence electrons. The summed E-state index contributed by atoms with van der Waals surface area (Å²) in [7, 11) is 0. The Labute approximate surface area is 196 Å². The van der Waals surface area contributed by atoms with Crippen LogP contribution in [0.1, 0.15) is 54.6 Å². The van der Waals surface area contributed by atoms with Crippen molar-refractivity contribution in [1.82, 2.24) is 4.57 Å². The summed E-state index contributed by atoms with van der Waals surface area (Å²) >= 11 is 5.83. The molecule has 3 rings (SSSR count). The second-order valence-electron chi connectivity index (χ2n) is 8.39. The molecule has 0 amide bonds. The van der Waals surface area contributed by atoms with E-state index >= 15 is 0 Å². The standard InChI is InChI=1S/C28H31N3S/c1-7-30(18-19(2)3)26-15-14-24(17-21(26)5)27(29)25-9-8-16-31(28(25)32)22(6)23-12-10-20(4)11-13-23/h7-18,22,29H,1H2,2-6H3. The van der Waals surface area contributed by atoms with Crippen molar-refractivity contribution < 1.29 is 0 Å². The molecule has 0 aliphatic carbocycles. The first-order chi connectivity index (χ1) is 15.2. The van der Waals surface area contributed by atoms with E-state index in [9.17, 15) is 0 Å². The van der Waals surface area contributed by atoms with Gasteiger partial charge in [-0.05, 0) is 70.0 Å². The highest BCUT2D eigenvalue weighted by molar-refractivity contribution is 7.71. The Bertz CT molecular complexity index is 1230. The van der Waals surface area contributed by atoms with Gasteiger partial charge in [0.2, 0.25) is 0 Å². The van der Waals surface area contributed by atoms with Crippen molar-refractivity contribution in [3.63, 3.8) is 0 Å². The molecule has 0 saturated carbocycles. The number of rotatable bonds is 7. The predicted octanol–water partition coefficient (Wildman–Crippen LogP) is 7.73. The Morgan fingerprint density at radius 1 is 1.09 bits per heavy atom. The number of aromatic nitrogens is 1. The van der Waals surface area contributed by atoms with Crippen molar-refractivity contribution in [2.24, 2.45) is 0 Å². The molecule has 3 aromatic rings. The van der Waals surface area contributed by atoms with E-state index in [1.165, 1.54) is 16.7 Å². The summed E-state index contributed by atoms with van der Waals surface area (Å²) in [5.74, 6) is 0. The van der Waals surface area contributed by atoms with Crippen LogP contribution in [0.15, 0.2) is 85.3 Å². The van der Waals surface area contributed by atoms with Crippen molar-refractivity contribution in [1.29, 1.82) is 5.41 Å². The number of anilines is 1. The number of aryl methyl sites for hydroxylation is 2. The van der Waals surface area contributed by atoms with Crippen LogP contribution < -0.4 is 4.90 Å². The molecule has 1 unspecified atom stereocenters. The van der Waals surface area contributed by atoms with Gasteiger partial charge in [0, 0.05) is 35.4 Å². The van der Waals surface area contributed by atoms with E-state index in [1.54, 1.807) is 6.20 Å². The maximum Gasteiger partial charge on any atom is 0.115 e. The summed E-state index contributed by atoms with van der Waals surface area (Å²) in [6.07, 6.45) is 5.85. The molecule has 1 atom stereocenters. The van der Waals surface area contributed by atoms with Gasteiger partial charge in [0.1, 0.15) is 4.64 Å². The Hall–Kier alpha value is -3.24. The quantitative estimate of drug-likeness (QED) is 0.300. The Morgan fingerprint density at radius 3 is 2.38 bits per heavy atom. The summed E-state index contributed by atoms with van der Waals surface area (Å²) in [4.78, 5) is 2.01. The third-order valence-corrected chi connectivity index (χ3v) is 6.01. The van der Waals surface area contributed by atoms with Crippen LogP contribution in [-0.2, 0) is 0 Å². The normalized spacial score (nSPS) is 11.5. The lowest BCUT2D eigenvalue weighted by Crippen LogP contribution is -2.13. The van der Waals surface area contributed by atoms with E-state index in [-0.39, 0.29) is 6.04 Å². The average molecular weight is 442 g/mol. The van der Waals surface area contributed by atoms with Crippen molar-refractivity contribution >= 4 is 23.6 Å². The van der Waals surface area contributed by atoms with Crippen LogP contribution in [0, 0.1) is 23.9 Å². The Kier molecular flexibility index (Phi) is 7.26. The van der Waals surface area contributed by atoms with Crippen molar-refractivity contribution in [2.45, 2.75) is 40.7 Å². The number of hydrogen-bond acceptors (Lipinski definition) is 3. The summed E-state index contributed by atoms with van der Waals surface area (Å²) in [5.41, 5.74) is 7.78. The van der Waals surface area contributed by atoms with Crippen LogP contribution in [0.4, 0.5) is 5.69 Å². The molecule has 0 spiro atoms. The van der Waals surface area contributed by atoms with Crippen molar-refractivity contribution in [3.05, 3.63) is 118 Å². The molecule has 1 aromatic heterocycles. The number of hydrogen-bond donors (Lipinski definition) is 1. The average Bonchev–Trinajstić information content (AvgIpc) is 2.77. The zero-order valence-electron chi connectivity index (χ0n) is 19.5. The van der Waals surface area contributed by atoms with Crippen molar-refractivity contribution in [2.75, 3.05) is 4.90 Å².